The third kappa shape index (κ3) is 4.74. The number of methoxy groups -OCH3 is 2. The molecule has 0 radical (unpaired) electrons. The molecule has 3 aromatic rings. The van der Waals surface area contributed by atoms with Gasteiger partial charge in [0.25, 0.3) is 5.69 Å². The van der Waals surface area contributed by atoms with E-state index < -0.39 is 4.92 Å². The van der Waals surface area contributed by atoms with Crippen LogP contribution in [0.5, 0.6) is 11.5 Å². The Labute approximate surface area is 187 Å². The number of aromatic nitrogens is 1. The zero-order valence-corrected chi connectivity index (χ0v) is 18.2. The SMILES string of the molecule is COc1cc(N/C=C(\C#N)c2nc(-c3ccc([N+](=O)[O-])cc3)cs2)c(C(C)=O)cc1OC. The first kappa shape index (κ1) is 22.5. The van der Waals surface area contributed by atoms with E-state index in [9.17, 15) is 20.2 Å². The lowest BCUT2D eigenvalue weighted by Crippen LogP contribution is -2.03. The number of carbonyl (C=O) groups excluding carboxylic acids is 1. The van der Waals surface area contributed by atoms with Crippen molar-refractivity contribution in [2.75, 3.05) is 19.5 Å². The first-order valence-electron chi connectivity index (χ1n) is 9.22. The fourth-order valence-electron chi connectivity index (χ4n) is 2.87. The Morgan fingerprint density at radius 2 is 1.88 bits per heavy atom. The van der Waals surface area contributed by atoms with E-state index in [1.165, 1.54) is 50.8 Å². The molecule has 0 saturated carbocycles. The van der Waals surface area contributed by atoms with Gasteiger partial charge in [0.1, 0.15) is 16.6 Å². The van der Waals surface area contributed by atoms with E-state index in [0.29, 0.717) is 39.0 Å². The molecule has 0 unspecified atom stereocenters. The van der Waals surface area contributed by atoms with Crippen molar-refractivity contribution in [2.24, 2.45) is 0 Å². The lowest BCUT2D eigenvalue weighted by molar-refractivity contribution is -0.384. The number of ether oxygens (including phenoxy) is 2. The number of nitro benzene ring substituents is 1. The summed E-state index contributed by atoms with van der Waals surface area (Å²) in [5, 5.41) is 25.6. The van der Waals surface area contributed by atoms with Gasteiger partial charge in [-0.1, -0.05) is 0 Å². The van der Waals surface area contributed by atoms with Gasteiger partial charge in [-0.3, -0.25) is 14.9 Å². The van der Waals surface area contributed by atoms with Gasteiger partial charge in [0.2, 0.25) is 0 Å². The van der Waals surface area contributed by atoms with Gasteiger partial charge < -0.3 is 14.8 Å². The second-order valence-corrected chi connectivity index (χ2v) is 7.32. The first-order valence-corrected chi connectivity index (χ1v) is 10.1. The number of ketones is 1. The summed E-state index contributed by atoms with van der Waals surface area (Å²) in [6, 6.07) is 11.3. The third-order valence-corrected chi connectivity index (χ3v) is 5.38. The molecule has 1 N–H and O–H groups in total. The summed E-state index contributed by atoms with van der Waals surface area (Å²) in [5.74, 6) is 0.664. The number of hydrogen-bond acceptors (Lipinski definition) is 9. The molecular weight excluding hydrogens is 432 g/mol. The van der Waals surface area contributed by atoms with Gasteiger partial charge in [0, 0.05) is 40.9 Å². The summed E-state index contributed by atoms with van der Waals surface area (Å²) in [7, 11) is 2.97. The topological polar surface area (TPSA) is 127 Å². The van der Waals surface area contributed by atoms with Crippen molar-refractivity contribution in [1.82, 2.24) is 4.98 Å². The molecule has 0 bridgehead atoms. The van der Waals surface area contributed by atoms with E-state index in [2.05, 4.69) is 16.4 Å². The van der Waals surface area contributed by atoms with E-state index in [1.54, 1.807) is 29.6 Å². The molecule has 32 heavy (non-hydrogen) atoms. The summed E-state index contributed by atoms with van der Waals surface area (Å²) in [4.78, 5) is 26.9. The molecule has 162 valence electrons. The van der Waals surface area contributed by atoms with Crippen molar-refractivity contribution in [2.45, 2.75) is 6.92 Å². The first-order chi connectivity index (χ1) is 15.4. The van der Waals surface area contributed by atoms with E-state index in [4.69, 9.17) is 9.47 Å². The second kappa shape index (κ2) is 9.72. The van der Waals surface area contributed by atoms with Crippen LogP contribution in [0.25, 0.3) is 16.8 Å². The Bertz CT molecular complexity index is 1240. The lowest BCUT2D eigenvalue weighted by atomic mass is 10.1. The van der Waals surface area contributed by atoms with Crippen LogP contribution in [0.1, 0.15) is 22.3 Å². The summed E-state index contributed by atoms with van der Waals surface area (Å²) < 4.78 is 10.5. The van der Waals surface area contributed by atoms with Gasteiger partial charge in [-0.05, 0) is 25.1 Å². The number of carbonyl (C=O) groups is 1. The molecule has 0 aliphatic carbocycles. The zero-order chi connectivity index (χ0) is 23.3. The van der Waals surface area contributed by atoms with Gasteiger partial charge in [-0.15, -0.1) is 11.3 Å². The fraction of sp³-hybridized carbons (Fsp3) is 0.136. The molecule has 2 aromatic carbocycles. The Morgan fingerprint density at radius 3 is 2.44 bits per heavy atom. The van der Waals surface area contributed by atoms with Crippen molar-refractivity contribution in [3.05, 3.63) is 68.7 Å². The number of non-ortho nitro benzene ring substituents is 1. The molecule has 0 atom stereocenters. The Kier molecular flexibility index (Phi) is 6.82. The lowest BCUT2D eigenvalue weighted by Gasteiger charge is -2.13. The maximum absolute atomic E-state index is 12.1. The summed E-state index contributed by atoms with van der Waals surface area (Å²) in [5.41, 5.74) is 2.37. The molecule has 3 rings (SSSR count). The predicted octanol–water partition coefficient (Wildman–Crippen LogP) is 4.91. The second-order valence-electron chi connectivity index (χ2n) is 6.46. The fourth-order valence-corrected chi connectivity index (χ4v) is 3.66. The van der Waals surface area contributed by atoms with Crippen LogP contribution >= 0.6 is 11.3 Å². The minimum Gasteiger partial charge on any atom is -0.493 e. The Balaban J connectivity index is 1.90. The van der Waals surface area contributed by atoms with Gasteiger partial charge in [0.15, 0.2) is 17.3 Å². The smallest absolute Gasteiger partial charge is 0.269 e. The maximum Gasteiger partial charge on any atom is 0.269 e. The molecule has 1 aromatic heterocycles. The quantitative estimate of drug-likeness (QED) is 0.222. The maximum atomic E-state index is 12.1. The van der Waals surface area contributed by atoms with E-state index in [0.717, 1.165) is 0 Å². The van der Waals surface area contributed by atoms with E-state index >= 15 is 0 Å². The van der Waals surface area contributed by atoms with Crippen molar-refractivity contribution in [3.63, 3.8) is 0 Å². The number of Topliss-reactive ketones (excluding diaryl/α,β-unsaturated/α-hetero) is 1. The van der Waals surface area contributed by atoms with Gasteiger partial charge in [-0.2, -0.15) is 5.26 Å². The number of hydrogen-bond donors (Lipinski definition) is 1. The highest BCUT2D eigenvalue weighted by Gasteiger charge is 2.15. The molecule has 0 fully saturated rings. The molecule has 0 saturated heterocycles. The van der Waals surface area contributed by atoms with E-state index in [1.807, 2.05) is 0 Å². The molecule has 0 aliphatic heterocycles. The number of nitrogens with zero attached hydrogens (tertiary/aromatic N) is 3. The number of benzene rings is 2. The van der Waals surface area contributed by atoms with Crippen LogP contribution in [-0.4, -0.2) is 29.9 Å². The van der Waals surface area contributed by atoms with Crippen LogP contribution in [0.4, 0.5) is 11.4 Å². The monoisotopic (exact) mass is 450 g/mol. The highest BCUT2D eigenvalue weighted by Crippen LogP contribution is 2.34. The molecule has 10 heteroatoms. The third-order valence-electron chi connectivity index (χ3n) is 4.50. The number of nitrogens with one attached hydrogen (secondary N) is 1. The van der Waals surface area contributed by atoms with Crippen LogP contribution in [0, 0.1) is 21.4 Å². The van der Waals surface area contributed by atoms with Crippen LogP contribution in [0.15, 0.2) is 48.0 Å². The number of thiazole rings is 1. The number of rotatable bonds is 8. The Morgan fingerprint density at radius 1 is 1.22 bits per heavy atom. The summed E-state index contributed by atoms with van der Waals surface area (Å²) in [6.07, 6.45) is 1.46. The van der Waals surface area contributed by atoms with Crippen molar-refractivity contribution in [3.8, 4) is 28.8 Å². The molecule has 0 spiro atoms. The predicted molar refractivity (Wildman–Crippen MR) is 121 cm³/mol. The van der Waals surface area contributed by atoms with Crippen LogP contribution in [-0.2, 0) is 0 Å². The average Bonchev–Trinajstić information content (AvgIpc) is 3.29. The van der Waals surface area contributed by atoms with Crippen LogP contribution < -0.4 is 14.8 Å². The standard InChI is InChI=1S/C22H18N4O5S/c1-13(27)17-8-20(30-2)21(31-3)9-18(17)24-11-15(10-23)22-25-19(12-32-22)14-4-6-16(7-5-14)26(28)29/h4-9,11-12,24H,1-3H3/b15-11+. The number of nitro groups is 1. The number of nitriles is 1. The number of anilines is 1. The molecular formula is C22H18N4O5S. The van der Waals surface area contributed by atoms with Crippen molar-refractivity contribution < 1.29 is 19.2 Å². The highest BCUT2D eigenvalue weighted by atomic mass is 32.1. The molecule has 0 amide bonds. The average molecular weight is 450 g/mol. The molecule has 1 heterocycles. The van der Waals surface area contributed by atoms with Gasteiger partial charge >= 0.3 is 0 Å². The molecule has 9 nitrogen and oxygen atoms in total. The molecule has 0 aliphatic rings. The normalized spacial score (nSPS) is 10.9. The van der Waals surface area contributed by atoms with Crippen molar-refractivity contribution >= 4 is 34.1 Å². The highest BCUT2D eigenvalue weighted by molar-refractivity contribution is 7.11. The minimum atomic E-state index is -0.470. The summed E-state index contributed by atoms with van der Waals surface area (Å²) >= 11 is 1.26. The Hall–Kier alpha value is -4.23. The summed E-state index contributed by atoms with van der Waals surface area (Å²) in [6.45, 7) is 1.43. The van der Waals surface area contributed by atoms with Gasteiger partial charge in [-0.25, -0.2) is 4.98 Å². The minimum absolute atomic E-state index is 0.0118. The van der Waals surface area contributed by atoms with E-state index in [-0.39, 0.29) is 17.0 Å². The van der Waals surface area contributed by atoms with Crippen LogP contribution in [0.2, 0.25) is 0 Å². The number of allylic oxidation sites excluding steroid dienone is 1. The van der Waals surface area contributed by atoms with Crippen molar-refractivity contribution in [1.29, 1.82) is 5.26 Å². The van der Waals surface area contributed by atoms with Gasteiger partial charge in [0.05, 0.1) is 30.5 Å². The zero-order valence-electron chi connectivity index (χ0n) is 17.4. The van der Waals surface area contributed by atoms with Crippen LogP contribution in [0.3, 0.4) is 0 Å². The largest absolute Gasteiger partial charge is 0.493 e.